The summed E-state index contributed by atoms with van der Waals surface area (Å²) in [7, 11) is 0. The molecule has 0 bridgehead atoms. The minimum atomic E-state index is -0.476. The second kappa shape index (κ2) is 5.91. The Bertz CT molecular complexity index is 621. The fourth-order valence-electron chi connectivity index (χ4n) is 1.55. The smallest absolute Gasteiger partial charge is 0.269 e. The van der Waals surface area contributed by atoms with Crippen molar-refractivity contribution in [2.45, 2.75) is 13.3 Å². The summed E-state index contributed by atoms with van der Waals surface area (Å²) < 4.78 is 5.06. The zero-order valence-electron chi connectivity index (χ0n) is 10.7. The van der Waals surface area contributed by atoms with Gasteiger partial charge in [0.1, 0.15) is 0 Å². The Morgan fingerprint density at radius 2 is 2.10 bits per heavy atom. The van der Waals surface area contributed by atoms with E-state index in [1.54, 1.807) is 12.1 Å². The molecule has 0 atom stereocenters. The number of nitrogens with one attached hydrogen (secondary N) is 1. The van der Waals surface area contributed by atoms with Gasteiger partial charge in [0.05, 0.1) is 4.92 Å². The van der Waals surface area contributed by atoms with Crippen molar-refractivity contribution in [3.05, 3.63) is 40.2 Å². The summed E-state index contributed by atoms with van der Waals surface area (Å²) in [5.41, 5.74) is 0.605. The zero-order chi connectivity index (χ0) is 14.5. The number of amides is 1. The third-order valence-corrected chi connectivity index (χ3v) is 2.52. The number of nitro groups is 1. The van der Waals surface area contributed by atoms with Crippen LogP contribution in [0.15, 0.2) is 28.8 Å². The Labute approximate surface area is 113 Å². The van der Waals surface area contributed by atoms with Gasteiger partial charge in [0.15, 0.2) is 5.82 Å². The number of nitro benzene ring substituents is 1. The predicted molar refractivity (Wildman–Crippen MR) is 68.8 cm³/mol. The Morgan fingerprint density at radius 3 is 2.70 bits per heavy atom. The monoisotopic (exact) mass is 276 g/mol. The molecule has 0 fully saturated rings. The standard InChI is InChI=1S/C12H12N4O4/c1-8(17)13-7-6-11-14-12(20-15-11)9-2-4-10(5-3-9)16(18)19/h2-5H,6-7H2,1H3,(H,13,17). The Balaban J connectivity index is 2.04. The molecule has 0 aliphatic rings. The highest BCUT2D eigenvalue weighted by Crippen LogP contribution is 2.20. The van der Waals surface area contributed by atoms with E-state index >= 15 is 0 Å². The third-order valence-electron chi connectivity index (χ3n) is 2.52. The molecule has 0 aliphatic heterocycles. The fraction of sp³-hybridized carbons (Fsp3) is 0.250. The summed E-state index contributed by atoms with van der Waals surface area (Å²) in [6, 6.07) is 5.83. The highest BCUT2D eigenvalue weighted by molar-refractivity contribution is 5.72. The van der Waals surface area contributed by atoms with Crippen LogP contribution in [0.2, 0.25) is 0 Å². The van der Waals surface area contributed by atoms with Crippen LogP contribution >= 0.6 is 0 Å². The quantitative estimate of drug-likeness (QED) is 0.651. The molecule has 1 N–H and O–H groups in total. The van der Waals surface area contributed by atoms with E-state index in [0.717, 1.165) is 0 Å². The second-order valence-corrected chi connectivity index (χ2v) is 4.05. The molecule has 104 valence electrons. The van der Waals surface area contributed by atoms with Gasteiger partial charge in [-0.3, -0.25) is 14.9 Å². The second-order valence-electron chi connectivity index (χ2n) is 4.05. The van der Waals surface area contributed by atoms with Crippen molar-refractivity contribution in [1.29, 1.82) is 0 Å². The number of aromatic nitrogens is 2. The van der Waals surface area contributed by atoms with E-state index in [1.165, 1.54) is 19.1 Å². The van der Waals surface area contributed by atoms with Crippen molar-refractivity contribution < 1.29 is 14.2 Å². The van der Waals surface area contributed by atoms with Crippen LogP contribution < -0.4 is 5.32 Å². The SMILES string of the molecule is CC(=O)NCCc1noc(-c2ccc([N+](=O)[O-])cc2)n1. The van der Waals surface area contributed by atoms with E-state index in [4.69, 9.17) is 4.52 Å². The molecule has 1 aromatic heterocycles. The first-order valence-corrected chi connectivity index (χ1v) is 5.88. The Morgan fingerprint density at radius 1 is 1.40 bits per heavy atom. The lowest BCUT2D eigenvalue weighted by Crippen LogP contribution is -2.22. The topological polar surface area (TPSA) is 111 Å². The highest BCUT2D eigenvalue weighted by atomic mass is 16.6. The summed E-state index contributed by atoms with van der Waals surface area (Å²) in [5.74, 6) is 0.633. The number of nitrogens with zero attached hydrogens (tertiary/aromatic N) is 3. The van der Waals surface area contributed by atoms with Crippen molar-refractivity contribution in [1.82, 2.24) is 15.5 Å². The van der Waals surface area contributed by atoms with Crippen LogP contribution in [0.4, 0.5) is 5.69 Å². The molecule has 1 amide bonds. The van der Waals surface area contributed by atoms with Gasteiger partial charge in [-0.2, -0.15) is 4.98 Å². The van der Waals surface area contributed by atoms with E-state index in [9.17, 15) is 14.9 Å². The van der Waals surface area contributed by atoms with Gasteiger partial charge in [-0.15, -0.1) is 0 Å². The van der Waals surface area contributed by atoms with Gasteiger partial charge < -0.3 is 9.84 Å². The van der Waals surface area contributed by atoms with Crippen LogP contribution in [-0.2, 0) is 11.2 Å². The maximum Gasteiger partial charge on any atom is 0.269 e. The molecule has 20 heavy (non-hydrogen) atoms. The molecule has 0 saturated carbocycles. The lowest BCUT2D eigenvalue weighted by atomic mass is 10.2. The number of benzene rings is 1. The lowest BCUT2D eigenvalue weighted by Gasteiger charge is -1.96. The van der Waals surface area contributed by atoms with Gasteiger partial charge in [0, 0.05) is 37.6 Å². The molecule has 8 heteroatoms. The maximum absolute atomic E-state index is 10.7. The number of hydrogen-bond donors (Lipinski definition) is 1. The van der Waals surface area contributed by atoms with Crippen LogP contribution in [0.3, 0.4) is 0 Å². The summed E-state index contributed by atoms with van der Waals surface area (Å²) in [6.07, 6.45) is 0.454. The fourth-order valence-corrected chi connectivity index (χ4v) is 1.55. The van der Waals surface area contributed by atoms with Crippen LogP contribution in [0.1, 0.15) is 12.7 Å². The number of carbonyl (C=O) groups is 1. The molecule has 2 aromatic rings. The first-order valence-electron chi connectivity index (χ1n) is 5.88. The van der Waals surface area contributed by atoms with Crippen LogP contribution in [0, 0.1) is 10.1 Å². The molecule has 0 aliphatic carbocycles. The third kappa shape index (κ3) is 3.37. The highest BCUT2D eigenvalue weighted by Gasteiger charge is 2.11. The van der Waals surface area contributed by atoms with Crippen molar-refractivity contribution in [3.8, 4) is 11.5 Å². The Kier molecular flexibility index (Phi) is 4.04. The molecule has 1 heterocycles. The number of rotatable bonds is 5. The normalized spacial score (nSPS) is 10.2. The first-order chi connectivity index (χ1) is 9.56. The molecule has 0 saturated heterocycles. The summed E-state index contributed by atoms with van der Waals surface area (Å²) in [6.45, 7) is 1.85. The van der Waals surface area contributed by atoms with Crippen molar-refractivity contribution >= 4 is 11.6 Å². The van der Waals surface area contributed by atoms with Crippen LogP contribution in [0.25, 0.3) is 11.5 Å². The van der Waals surface area contributed by atoms with E-state index < -0.39 is 4.92 Å². The van der Waals surface area contributed by atoms with Gasteiger partial charge in [0.25, 0.3) is 11.6 Å². The molecular weight excluding hydrogens is 264 g/mol. The number of carbonyl (C=O) groups excluding carboxylic acids is 1. The molecule has 8 nitrogen and oxygen atoms in total. The summed E-state index contributed by atoms with van der Waals surface area (Å²) in [4.78, 5) is 24.9. The maximum atomic E-state index is 10.7. The van der Waals surface area contributed by atoms with Gasteiger partial charge >= 0.3 is 0 Å². The van der Waals surface area contributed by atoms with E-state index in [1.807, 2.05) is 0 Å². The van der Waals surface area contributed by atoms with E-state index in [0.29, 0.717) is 24.4 Å². The molecule has 1 aromatic carbocycles. The van der Waals surface area contributed by atoms with E-state index in [2.05, 4.69) is 15.5 Å². The van der Waals surface area contributed by atoms with E-state index in [-0.39, 0.29) is 17.5 Å². The van der Waals surface area contributed by atoms with Crippen molar-refractivity contribution in [2.75, 3.05) is 6.54 Å². The van der Waals surface area contributed by atoms with Gasteiger partial charge in [0.2, 0.25) is 5.91 Å². The van der Waals surface area contributed by atoms with Gasteiger partial charge in [-0.1, -0.05) is 5.16 Å². The van der Waals surface area contributed by atoms with Crippen molar-refractivity contribution in [3.63, 3.8) is 0 Å². The minimum Gasteiger partial charge on any atom is -0.356 e. The van der Waals surface area contributed by atoms with Crippen LogP contribution in [-0.4, -0.2) is 27.5 Å². The number of non-ortho nitro benzene ring substituents is 1. The predicted octanol–water partition coefficient (Wildman–Crippen LogP) is 1.32. The average Bonchev–Trinajstić information content (AvgIpc) is 2.87. The lowest BCUT2D eigenvalue weighted by molar-refractivity contribution is -0.384. The zero-order valence-corrected chi connectivity index (χ0v) is 10.7. The molecular formula is C12H12N4O4. The van der Waals surface area contributed by atoms with Gasteiger partial charge in [-0.25, -0.2) is 0 Å². The van der Waals surface area contributed by atoms with Crippen molar-refractivity contribution in [2.24, 2.45) is 0 Å². The number of hydrogen-bond acceptors (Lipinski definition) is 6. The molecule has 0 spiro atoms. The molecule has 0 unspecified atom stereocenters. The Hall–Kier alpha value is -2.77. The summed E-state index contributed by atoms with van der Waals surface area (Å²) >= 11 is 0. The van der Waals surface area contributed by atoms with Crippen LogP contribution in [0.5, 0.6) is 0 Å². The molecule has 2 rings (SSSR count). The van der Waals surface area contributed by atoms with Gasteiger partial charge in [-0.05, 0) is 12.1 Å². The first kappa shape index (κ1) is 13.7. The molecule has 0 radical (unpaired) electrons. The largest absolute Gasteiger partial charge is 0.356 e. The summed E-state index contributed by atoms with van der Waals surface area (Å²) in [5, 5.41) is 16.9. The average molecular weight is 276 g/mol. The minimum absolute atomic E-state index is 0.000790.